The highest BCUT2D eigenvalue weighted by molar-refractivity contribution is 6.32. The number of benzene rings is 1. The lowest BCUT2D eigenvalue weighted by molar-refractivity contribution is 0.102. The summed E-state index contributed by atoms with van der Waals surface area (Å²) in [6, 6.07) is 11.7. The normalized spacial score (nSPS) is 9.56. The van der Waals surface area contributed by atoms with Crippen LogP contribution in [0.25, 0.3) is 0 Å². The molecule has 5 heteroatoms. The molecular formula is C13H8ClN3O. The number of hydrogen-bond acceptors (Lipinski definition) is 3. The molecule has 0 unspecified atom stereocenters. The number of pyridine rings is 1. The van der Waals surface area contributed by atoms with Gasteiger partial charge in [0.05, 0.1) is 17.3 Å². The van der Waals surface area contributed by atoms with Gasteiger partial charge in [-0.25, -0.2) is 4.98 Å². The molecule has 1 N–H and O–H groups in total. The first-order chi connectivity index (χ1) is 8.70. The van der Waals surface area contributed by atoms with Crippen molar-refractivity contribution in [3.05, 3.63) is 58.9 Å². The fourth-order valence-electron chi connectivity index (χ4n) is 1.40. The standard InChI is InChI=1S/C13H8ClN3O/c14-12-11(5-2-6-16-12)17-13(18)10-4-1-3-9(7-10)8-15/h1-7H,(H,17,18). The van der Waals surface area contributed by atoms with Crippen LogP contribution in [0.3, 0.4) is 0 Å². The van der Waals surface area contributed by atoms with Crippen LogP contribution in [-0.4, -0.2) is 10.9 Å². The molecule has 0 bridgehead atoms. The largest absolute Gasteiger partial charge is 0.319 e. The molecule has 0 saturated carbocycles. The maximum absolute atomic E-state index is 11.9. The molecule has 1 heterocycles. The third kappa shape index (κ3) is 2.65. The highest BCUT2D eigenvalue weighted by atomic mass is 35.5. The Morgan fingerprint density at radius 1 is 1.33 bits per heavy atom. The lowest BCUT2D eigenvalue weighted by atomic mass is 10.1. The predicted molar refractivity (Wildman–Crippen MR) is 68.4 cm³/mol. The van der Waals surface area contributed by atoms with Crippen LogP contribution in [0.4, 0.5) is 5.69 Å². The summed E-state index contributed by atoms with van der Waals surface area (Å²) in [6.45, 7) is 0. The number of nitrogens with one attached hydrogen (secondary N) is 1. The summed E-state index contributed by atoms with van der Waals surface area (Å²) >= 11 is 5.84. The molecule has 0 atom stereocenters. The van der Waals surface area contributed by atoms with E-state index in [1.165, 1.54) is 12.3 Å². The van der Waals surface area contributed by atoms with Crippen LogP contribution < -0.4 is 5.32 Å². The highest BCUT2D eigenvalue weighted by Gasteiger charge is 2.09. The molecule has 0 aliphatic heterocycles. The van der Waals surface area contributed by atoms with E-state index in [0.29, 0.717) is 16.8 Å². The molecule has 88 valence electrons. The summed E-state index contributed by atoms with van der Waals surface area (Å²) in [4.78, 5) is 15.8. The van der Waals surface area contributed by atoms with Crippen molar-refractivity contribution in [3.8, 4) is 6.07 Å². The van der Waals surface area contributed by atoms with Gasteiger partial charge in [0.1, 0.15) is 0 Å². The van der Waals surface area contributed by atoms with Gasteiger partial charge in [-0.1, -0.05) is 17.7 Å². The Morgan fingerprint density at radius 3 is 2.89 bits per heavy atom. The van der Waals surface area contributed by atoms with Gasteiger partial charge in [0.15, 0.2) is 5.15 Å². The highest BCUT2D eigenvalue weighted by Crippen LogP contribution is 2.18. The maximum Gasteiger partial charge on any atom is 0.255 e. The van der Waals surface area contributed by atoms with Crippen LogP contribution >= 0.6 is 11.6 Å². The summed E-state index contributed by atoms with van der Waals surface area (Å²) in [5, 5.41) is 11.6. The molecule has 1 aromatic carbocycles. The van der Waals surface area contributed by atoms with E-state index in [-0.39, 0.29) is 11.1 Å². The number of nitriles is 1. The number of halogens is 1. The van der Waals surface area contributed by atoms with E-state index in [1.54, 1.807) is 30.3 Å². The fourth-order valence-corrected chi connectivity index (χ4v) is 1.57. The van der Waals surface area contributed by atoms with E-state index < -0.39 is 0 Å². The number of anilines is 1. The second-order valence-electron chi connectivity index (χ2n) is 3.49. The van der Waals surface area contributed by atoms with Crippen molar-refractivity contribution in [2.24, 2.45) is 0 Å². The summed E-state index contributed by atoms with van der Waals surface area (Å²) < 4.78 is 0. The van der Waals surface area contributed by atoms with E-state index >= 15 is 0 Å². The molecule has 0 radical (unpaired) electrons. The molecule has 0 aliphatic rings. The average molecular weight is 258 g/mol. The summed E-state index contributed by atoms with van der Waals surface area (Å²) in [6.07, 6.45) is 1.54. The third-order valence-corrected chi connectivity index (χ3v) is 2.56. The molecule has 0 spiro atoms. The van der Waals surface area contributed by atoms with Crippen LogP contribution in [0.5, 0.6) is 0 Å². The maximum atomic E-state index is 11.9. The first kappa shape index (κ1) is 12.1. The number of carbonyl (C=O) groups is 1. The van der Waals surface area contributed by atoms with E-state index in [1.807, 2.05) is 6.07 Å². The van der Waals surface area contributed by atoms with Gasteiger partial charge in [0.2, 0.25) is 0 Å². The molecule has 4 nitrogen and oxygen atoms in total. The zero-order chi connectivity index (χ0) is 13.0. The lowest BCUT2D eigenvalue weighted by Gasteiger charge is -2.06. The van der Waals surface area contributed by atoms with Crippen LogP contribution in [0, 0.1) is 11.3 Å². The van der Waals surface area contributed by atoms with Crippen molar-refractivity contribution in [1.82, 2.24) is 4.98 Å². The number of nitrogens with zero attached hydrogens (tertiary/aromatic N) is 2. The lowest BCUT2D eigenvalue weighted by Crippen LogP contribution is -2.12. The third-order valence-electron chi connectivity index (χ3n) is 2.26. The minimum absolute atomic E-state index is 0.224. The van der Waals surface area contributed by atoms with Crippen LogP contribution in [0.2, 0.25) is 5.15 Å². The fraction of sp³-hybridized carbons (Fsp3) is 0. The van der Waals surface area contributed by atoms with Gasteiger partial charge in [-0.05, 0) is 30.3 Å². The van der Waals surface area contributed by atoms with Crippen LogP contribution in [0.1, 0.15) is 15.9 Å². The summed E-state index contributed by atoms with van der Waals surface area (Å²) in [5.74, 6) is -0.331. The molecule has 18 heavy (non-hydrogen) atoms. The first-order valence-corrected chi connectivity index (χ1v) is 5.50. The van der Waals surface area contributed by atoms with E-state index in [4.69, 9.17) is 16.9 Å². The Hall–Kier alpha value is -2.38. The molecule has 1 amide bonds. The van der Waals surface area contributed by atoms with Crippen LogP contribution in [-0.2, 0) is 0 Å². The van der Waals surface area contributed by atoms with Crippen molar-refractivity contribution < 1.29 is 4.79 Å². The van der Waals surface area contributed by atoms with Gasteiger partial charge in [-0.3, -0.25) is 4.79 Å². The van der Waals surface area contributed by atoms with Crippen molar-refractivity contribution >= 4 is 23.2 Å². The monoisotopic (exact) mass is 257 g/mol. The van der Waals surface area contributed by atoms with Crippen molar-refractivity contribution in [3.63, 3.8) is 0 Å². The minimum Gasteiger partial charge on any atom is -0.319 e. The Labute approximate surface area is 109 Å². The smallest absolute Gasteiger partial charge is 0.255 e. The number of hydrogen-bond donors (Lipinski definition) is 1. The molecule has 2 rings (SSSR count). The van der Waals surface area contributed by atoms with Crippen molar-refractivity contribution in [2.75, 3.05) is 5.32 Å². The Morgan fingerprint density at radius 2 is 2.17 bits per heavy atom. The topological polar surface area (TPSA) is 65.8 Å². The Kier molecular flexibility index (Phi) is 3.56. The first-order valence-electron chi connectivity index (χ1n) is 5.13. The number of aromatic nitrogens is 1. The predicted octanol–water partition coefficient (Wildman–Crippen LogP) is 2.86. The van der Waals surface area contributed by atoms with Crippen LogP contribution in [0.15, 0.2) is 42.6 Å². The zero-order valence-electron chi connectivity index (χ0n) is 9.22. The second kappa shape index (κ2) is 5.30. The summed E-state index contributed by atoms with van der Waals surface area (Å²) in [7, 11) is 0. The van der Waals surface area contributed by atoms with Gasteiger partial charge >= 0.3 is 0 Å². The minimum atomic E-state index is -0.331. The van der Waals surface area contributed by atoms with E-state index in [2.05, 4.69) is 10.3 Å². The zero-order valence-corrected chi connectivity index (χ0v) is 9.98. The van der Waals surface area contributed by atoms with Gasteiger partial charge in [0.25, 0.3) is 5.91 Å². The van der Waals surface area contributed by atoms with Gasteiger partial charge < -0.3 is 5.32 Å². The number of rotatable bonds is 2. The average Bonchev–Trinajstić information content (AvgIpc) is 2.41. The molecule has 2 aromatic rings. The second-order valence-corrected chi connectivity index (χ2v) is 3.85. The van der Waals surface area contributed by atoms with Crippen molar-refractivity contribution in [1.29, 1.82) is 5.26 Å². The number of amides is 1. The van der Waals surface area contributed by atoms with Gasteiger partial charge in [-0.15, -0.1) is 0 Å². The Bertz CT molecular complexity index is 634. The van der Waals surface area contributed by atoms with Gasteiger partial charge in [-0.2, -0.15) is 5.26 Å². The van der Waals surface area contributed by atoms with E-state index in [9.17, 15) is 4.79 Å². The SMILES string of the molecule is N#Cc1cccc(C(=O)Nc2cccnc2Cl)c1. The quantitative estimate of drug-likeness (QED) is 0.842. The number of carbonyl (C=O) groups excluding carboxylic acids is 1. The van der Waals surface area contributed by atoms with Gasteiger partial charge in [0, 0.05) is 11.8 Å². The Balaban J connectivity index is 2.23. The summed E-state index contributed by atoms with van der Waals surface area (Å²) in [5.41, 5.74) is 1.26. The molecule has 1 aromatic heterocycles. The molecule has 0 fully saturated rings. The van der Waals surface area contributed by atoms with E-state index in [0.717, 1.165) is 0 Å². The molecular weight excluding hydrogens is 250 g/mol. The molecule has 0 saturated heterocycles. The van der Waals surface area contributed by atoms with Crippen molar-refractivity contribution in [2.45, 2.75) is 0 Å². The molecule has 0 aliphatic carbocycles.